The third-order valence-electron chi connectivity index (χ3n) is 7.92. The highest BCUT2D eigenvalue weighted by Gasteiger charge is 2.14. The number of fused-ring (bicyclic) bond motifs is 1. The summed E-state index contributed by atoms with van der Waals surface area (Å²) in [5, 5.41) is 14.2. The summed E-state index contributed by atoms with van der Waals surface area (Å²) in [5.74, 6) is 7.86. The lowest BCUT2D eigenvalue weighted by Gasteiger charge is -2.12. The number of hydrogen-bond donors (Lipinski definition) is 4. The molecular formula is C39H39FN6S. The van der Waals surface area contributed by atoms with Gasteiger partial charge in [0.25, 0.3) is 0 Å². The van der Waals surface area contributed by atoms with E-state index in [9.17, 15) is 4.39 Å². The molecule has 4 N–H and O–H groups in total. The van der Waals surface area contributed by atoms with Crippen molar-refractivity contribution in [1.29, 1.82) is 0 Å². The van der Waals surface area contributed by atoms with Crippen LogP contribution in [0.25, 0.3) is 51.1 Å². The van der Waals surface area contributed by atoms with Gasteiger partial charge in [0, 0.05) is 48.1 Å². The third-order valence-corrected chi connectivity index (χ3v) is 8.76. The molecule has 3 aromatic carbocycles. The zero-order chi connectivity index (χ0) is 33.0. The van der Waals surface area contributed by atoms with Gasteiger partial charge in [0.15, 0.2) is 0 Å². The first kappa shape index (κ1) is 31.9. The van der Waals surface area contributed by atoms with Gasteiger partial charge in [-0.25, -0.2) is 4.39 Å². The van der Waals surface area contributed by atoms with E-state index in [1.54, 1.807) is 12.1 Å². The van der Waals surface area contributed by atoms with Crippen LogP contribution >= 0.6 is 9.39 Å². The zero-order valence-electron chi connectivity index (χ0n) is 26.7. The Bertz CT molecular complexity index is 2300. The molecule has 0 unspecified atom stereocenters. The number of rotatable bonds is 11. The standard InChI is InChI=1S/C39H39FN6S/c1-6-36-35(15-26(2)31-17-29(23-42-25-31)22-41-21-27-11-8-7-9-12-27)39(46-45-36)38-20-34-33(13-10-14-37(34)44-38)30-16-28(18-32(40)19-30)24-43-47(3,4)5/h6-20,23,25,41,43-45H,2-4,21-22,24H2,1,5H3/b35-15+,36-6+. The molecule has 0 fully saturated rings. The molecule has 238 valence electrons. The van der Waals surface area contributed by atoms with Crippen molar-refractivity contribution < 1.29 is 4.39 Å². The number of aromatic nitrogens is 4. The van der Waals surface area contributed by atoms with E-state index in [1.807, 2.05) is 80.2 Å². The van der Waals surface area contributed by atoms with Gasteiger partial charge in [0.2, 0.25) is 0 Å². The molecule has 6 rings (SSSR count). The fourth-order valence-corrected chi connectivity index (χ4v) is 6.12. The maximum Gasteiger partial charge on any atom is 0.124 e. The van der Waals surface area contributed by atoms with Crippen molar-refractivity contribution >= 4 is 49.8 Å². The first-order chi connectivity index (χ1) is 22.7. The van der Waals surface area contributed by atoms with Gasteiger partial charge in [-0.1, -0.05) is 66.9 Å². The van der Waals surface area contributed by atoms with E-state index >= 15 is 0 Å². The van der Waals surface area contributed by atoms with Crippen LogP contribution in [0.2, 0.25) is 0 Å². The van der Waals surface area contributed by atoms with Gasteiger partial charge in [-0.2, -0.15) is 14.5 Å². The van der Waals surface area contributed by atoms with Crippen LogP contribution in [-0.4, -0.2) is 38.2 Å². The zero-order valence-corrected chi connectivity index (χ0v) is 27.6. The number of hydrogen-bond acceptors (Lipinski definition) is 4. The Kier molecular flexibility index (Phi) is 9.36. The number of H-pyrrole nitrogens is 2. The van der Waals surface area contributed by atoms with Crippen LogP contribution in [0.4, 0.5) is 4.39 Å². The number of halogens is 1. The van der Waals surface area contributed by atoms with Gasteiger partial charge in [-0.05, 0) is 94.6 Å². The first-order valence-electron chi connectivity index (χ1n) is 15.4. The molecular weight excluding hydrogens is 604 g/mol. The molecule has 6 aromatic rings. The fourth-order valence-electron chi connectivity index (χ4n) is 5.60. The van der Waals surface area contributed by atoms with Gasteiger partial charge in [0.05, 0.1) is 11.0 Å². The molecule has 0 aliphatic heterocycles. The Labute approximate surface area is 275 Å². The molecule has 0 aliphatic rings. The maximum absolute atomic E-state index is 14.8. The second-order valence-corrected chi connectivity index (χ2v) is 14.8. The lowest BCUT2D eigenvalue weighted by Crippen LogP contribution is -2.23. The number of pyridine rings is 1. The molecule has 0 atom stereocenters. The van der Waals surface area contributed by atoms with Crippen molar-refractivity contribution in [2.75, 3.05) is 6.26 Å². The summed E-state index contributed by atoms with van der Waals surface area (Å²) in [6.45, 7) is 8.34. The maximum atomic E-state index is 14.8. The summed E-state index contributed by atoms with van der Waals surface area (Å²) in [6.07, 6.45) is 9.72. The minimum absolute atomic E-state index is 0.284. The van der Waals surface area contributed by atoms with Crippen LogP contribution < -0.4 is 20.6 Å². The van der Waals surface area contributed by atoms with E-state index in [2.05, 4.69) is 67.7 Å². The molecule has 3 heterocycles. The topological polar surface area (TPSA) is 81.4 Å². The number of nitrogens with one attached hydrogen (secondary N) is 4. The van der Waals surface area contributed by atoms with Crippen molar-refractivity contribution in [3.63, 3.8) is 0 Å². The van der Waals surface area contributed by atoms with E-state index in [0.29, 0.717) is 13.1 Å². The van der Waals surface area contributed by atoms with Crippen LogP contribution in [0.15, 0.2) is 97.8 Å². The van der Waals surface area contributed by atoms with Crippen molar-refractivity contribution in [1.82, 2.24) is 30.2 Å². The lowest BCUT2D eigenvalue weighted by molar-refractivity contribution is 0.625. The van der Waals surface area contributed by atoms with E-state index in [4.69, 9.17) is 5.10 Å². The molecule has 0 saturated heterocycles. The summed E-state index contributed by atoms with van der Waals surface area (Å²) in [6, 6.07) is 25.7. The van der Waals surface area contributed by atoms with Crippen LogP contribution in [0.1, 0.15) is 29.2 Å². The predicted octanol–water partition coefficient (Wildman–Crippen LogP) is 6.65. The molecule has 0 saturated carbocycles. The van der Waals surface area contributed by atoms with Crippen LogP contribution in [0.3, 0.4) is 0 Å². The highest BCUT2D eigenvalue weighted by atomic mass is 32.2. The second-order valence-electron chi connectivity index (χ2n) is 11.9. The van der Waals surface area contributed by atoms with Gasteiger partial charge in [-0.3, -0.25) is 14.8 Å². The minimum Gasteiger partial charge on any atom is -0.353 e. The SMILES string of the molecule is C=C(/C=c1/c(-c2cc3c(-c4cc(F)cc(CNS(=C)(=C)C)c4)cccc3[nH]2)n[nH]/c1=C/C)c1cncc(CNCc2ccccc2)c1. The first-order valence-corrected chi connectivity index (χ1v) is 17.8. The monoisotopic (exact) mass is 642 g/mol. The average molecular weight is 643 g/mol. The fraction of sp³-hybridized carbons (Fsp3) is 0.128. The van der Waals surface area contributed by atoms with Gasteiger partial charge < -0.3 is 10.3 Å². The van der Waals surface area contributed by atoms with E-state index in [1.165, 1.54) is 5.56 Å². The Hall–Kier alpha value is -5.02. The summed E-state index contributed by atoms with van der Waals surface area (Å²) in [5.41, 5.74) is 9.21. The largest absolute Gasteiger partial charge is 0.353 e. The quantitative estimate of drug-likeness (QED) is 0.119. The van der Waals surface area contributed by atoms with Crippen LogP contribution in [0.5, 0.6) is 0 Å². The molecule has 0 amide bonds. The third kappa shape index (κ3) is 7.69. The molecule has 0 radical (unpaired) electrons. The summed E-state index contributed by atoms with van der Waals surface area (Å²) < 4.78 is 18.1. The van der Waals surface area contributed by atoms with Crippen molar-refractivity contribution in [3.8, 4) is 22.5 Å². The van der Waals surface area contributed by atoms with Crippen LogP contribution in [0, 0.1) is 5.82 Å². The average Bonchev–Trinajstić information content (AvgIpc) is 3.67. The number of aromatic amines is 2. The Balaban J connectivity index is 1.31. The molecule has 0 spiro atoms. The highest BCUT2D eigenvalue weighted by molar-refractivity contribution is 8.25. The van der Waals surface area contributed by atoms with E-state index in [0.717, 1.165) is 72.8 Å². The number of nitrogens with zero attached hydrogens (tertiary/aromatic N) is 2. The van der Waals surface area contributed by atoms with E-state index < -0.39 is 9.39 Å². The molecule has 8 heteroatoms. The Morgan fingerprint density at radius 1 is 0.915 bits per heavy atom. The molecule has 3 aromatic heterocycles. The summed E-state index contributed by atoms with van der Waals surface area (Å²) in [7, 11) is -1.43. The van der Waals surface area contributed by atoms with Crippen molar-refractivity contribution in [2.45, 2.75) is 26.6 Å². The normalized spacial score (nSPS) is 12.7. The number of allylic oxidation sites excluding steroid dienone is 1. The molecule has 47 heavy (non-hydrogen) atoms. The predicted molar refractivity (Wildman–Crippen MR) is 200 cm³/mol. The lowest BCUT2D eigenvalue weighted by atomic mass is 9.99. The number of benzene rings is 3. The molecule has 0 aliphatic carbocycles. The summed E-state index contributed by atoms with van der Waals surface area (Å²) in [4.78, 5) is 8.04. The van der Waals surface area contributed by atoms with E-state index in [-0.39, 0.29) is 5.82 Å². The van der Waals surface area contributed by atoms with Gasteiger partial charge in [-0.15, -0.1) is 0 Å². The van der Waals surface area contributed by atoms with Crippen molar-refractivity contribution in [2.24, 2.45) is 0 Å². The summed E-state index contributed by atoms with van der Waals surface area (Å²) >= 11 is 0. The highest BCUT2D eigenvalue weighted by Crippen LogP contribution is 2.32. The molecule has 0 bridgehead atoms. The van der Waals surface area contributed by atoms with Crippen molar-refractivity contribution in [3.05, 3.63) is 136 Å². The van der Waals surface area contributed by atoms with Crippen LogP contribution in [-0.2, 0) is 19.6 Å². The van der Waals surface area contributed by atoms with Gasteiger partial charge >= 0.3 is 0 Å². The minimum atomic E-state index is -1.43. The molecule has 6 nitrogen and oxygen atoms in total. The smallest absolute Gasteiger partial charge is 0.124 e. The second kappa shape index (κ2) is 13.8. The van der Waals surface area contributed by atoms with Gasteiger partial charge in [0.1, 0.15) is 11.5 Å². The Morgan fingerprint density at radius 3 is 2.51 bits per heavy atom. The Morgan fingerprint density at radius 2 is 1.72 bits per heavy atom.